The Kier molecular flexibility index (Phi) is 5.14. The SMILES string of the molecule is Cc1c(Cl)cccc1OCC(=O)Nc1cnccc1CO. The molecule has 0 unspecified atom stereocenters. The molecule has 21 heavy (non-hydrogen) atoms. The number of ether oxygens (including phenoxy) is 1. The van der Waals surface area contributed by atoms with E-state index in [0.29, 0.717) is 22.0 Å². The summed E-state index contributed by atoms with van der Waals surface area (Å²) in [6, 6.07) is 6.90. The van der Waals surface area contributed by atoms with Crippen molar-refractivity contribution < 1.29 is 14.6 Å². The fraction of sp³-hybridized carbons (Fsp3) is 0.200. The van der Waals surface area contributed by atoms with Crippen LogP contribution in [0.3, 0.4) is 0 Å². The molecule has 0 saturated heterocycles. The fourth-order valence-electron chi connectivity index (χ4n) is 1.75. The first kappa shape index (κ1) is 15.3. The first-order valence-electron chi connectivity index (χ1n) is 6.33. The number of carbonyl (C=O) groups is 1. The van der Waals surface area contributed by atoms with Crippen LogP contribution in [0.5, 0.6) is 5.75 Å². The first-order valence-corrected chi connectivity index (χ1v) is 6.71. The third-order valence-corrected chi connectivity index (χ3v) is 3.34. The van der Waals surface area contributed by atoms with Gasteiger partial charge in [-0.25, -0.2) is 0 Å². The number of rotatable bonds is 5. The van der Waals surface area contributed by atoms with E-state index >= 15 is 0 Å². The lowest BCUT2D eigenvalue weighted by atomic mass is 10.2. The molecule has 0 aliphatic carbocycles. The second-order valence-corrected chi connectivity index (χ2v) is 4.80. The molecule has 110 valence electrons. The number of aliphatic hydroxyl groups excluding tert-OH is 1. The van der Waals surface area contributed by atoms with Gasteiger partial charge in [0.25, 0.3) is 5.91 Å². The Hall–Kier alpha value is -2.11. The summed E-state index contributed by atoms with van der Waals surface area (Å²) in [4.78, 5) is 15.8. The number of nitrogens with one attached hydrogen (secondary N) is 1. The van der Waals surface area contributed by atoms with Crippen molar-refractivity contribution in [2.45, 2.75) is 13.5 Å². The zero-order chi connectivity index (χ0) is 15.2. The van der Waals surface area contributed by atoms with Gasteiger partial charge in [0.05, 0.1) is 18.5 Å². The highest BCUT2D eigenvalue weighted by atomic mass is 35.5. The second kappa shape index (κ2) is 7.06. The fourth-order valence-corrected chi connectivity index (χ4v) is 1.91. The number of amides is 1. The van der Waals surface area contributed by atoms with Gasteiger partial charge < -0.3 is 15.2 Å². The Morgan fingerprint density at radius 1 is 1.43 bits per heavy atom. The van der Waals surface area contributed by atoms with Gasteiger partial charge in [0.1, 0.15) is 5.75 Å². The lowest BCUT2D eigenvalue weighted by Gasteiger charge is -2.11. The molecule has 0 saturated carbocycles. The van der Waals surface area contributed by atoms with Crippen LogP contribution < -0.4 is 10.1 Å². The molecule has 1 aromatic heterocycles. The molecule has 1 aromatic carbocycles. The average molecular weight is 307 g/mol. The standard InChI is InChI=1S/C15H15ClN2O3/c1-10-12(16)3-2-4-14(10)21-9-15(20)18-13-7-17-6-5-11(13)8-19/h2-7,19H,8-9H2,1H3,(H,18,20). The summed E-state index contributed by atoms with van der Waals surface area (Å²) < 4.78 is 5.45. The number of anilines is 1. The molecule has 0 radical (unpaired) electrons. The number of aromatic nitrogens is 1. The zero-order valence-electron chi connectivity index (χ0n) is 11.5. The van der Waals surface area contributed by atoms with Crippen molar-refractivity contribution in [3.8, 4) is 5.75 Å². The number of halogens is 1. The maximum Gasteiger partial charge on any atom is 0.262 e. The molecule has 1 heterocycles. The summed E-state index contributed by atoms with van der Waals surface area (Å²) in [5.41, 5.74) is 1.85. The third-order valence-electron chi connectivity index (χ3n) is 2.93. The summed E-state index contributed by atoms with van der Waals surface area (Å²) in [7, 11) is 0. The third kappa shape index (κ3) is 3.93. The molecule has 1 amide bonds. The smallest absolute Gasteiger partial charge is 0.262 e. The summed E-state index contributed by atoms with van der Waals surface area (Å²) in [5, 5.41) is 12.4. The van der Waals surface area contributed by atoms with Crippen LogP contribution in [0.1, 0.15) is 11.1 Å². The van der Waals surface area contributed by atoms with Gasteiger partial charge in [0.2, 0.25) is 0 Å². The van der Waals surface area contributed by atoms with Gasteiger partial charge in [-0.05, 0) is 25.1 Å². The van der Waals surface area contributed by atoms with Gasteiger partial charge >= 0.3 is 0 Å². The van der Waals surface area contributed by atoms with E-state index in [1.807, 2.05) is 6.92 Å². The first-order chi connectivity index (χ1) is 10.1. The Morgan fingerprint density at radius 2 is 2.24 bits per heavy atom. The number of aliphatic hydroxyl groups is 1. The largest absolute Gasteiger partial charge is 0.483 e. The van der Waals surface area contributed by atoms with Crippen molar-refractivity contribution in [3.63, 3.8) is 0 Å². The minimum absolute atomic E-state index is 0.152. The summed E-state index contributed by atoms with van der Waals surface area (Å²) in [6.07, 6.45) is 3.03. The summed E-state index contributed by atoms with van der Waals surface area (Å²) in [5.74, 6) is 0.225. The molecule has 2 N–H and O–H groups in total. The Labute approximate surface area is 127 Å². The molecule has 5 nitrogen and oxygen atoms in total. The lowest BCUT2D eigenvalue weighted by molar-refractivity contribution is -0.118. The van der Waals surface area contributed by atoms with E-state index in [4.69, 9.17) is 16.3 Å². The quantitative estimate of drug-likeness (QED) is 0.890. The van der Waals surface area contributed by atoms with Crippen LogP contribution in [0.25, 0.3) is 0 Å². The van der Waals surface area contributed by atoms with Crippen LogP contribution in [-0.2, 0) is 11.4 Å². The number of hydrogen-bond donors (Lipinski definition) is 2. The second-order valence-electron chi connectivity index (χ2n) is 4.39. The zero-order valence-corrected chi connectivity index (χ0v) is 12.2. The van der Waals surface area contributed by atoms with Gasteiger partial charge in [-0.2, -0.15) is 0 Å². The van der Waals surface area contributed by atoms with Crippen LogP contribution in [-0.4, -0.2) is 22.6 Å². The number of hydrogen-bond acceptors (Lipinski definition) is 4. The Bertz CT molecular complexity index is 647. The van der Waals surface area contributed by atoms with Crippen LogP contribution in [0, 0.1) is 6.92 Å². The van der Waals surface area contributed by atoms with Gasteiger partial charge in [-0.15, -0.1) is 0 Å². The van der Waals surface area contributed by atoms with Crippen molar-refractivity contribution in [2.24, 2.45) is 0 Å². The maximum absolute atomic E-state index is 11.9. The highest BCUT2D eigenvalue weighted by molar-refractivity contribution is 6.31. The number of pyridine rings is 1. The summed E-state index contributed by atoms with van der Waals surface area (Å²) in [6.45, 7) is 1.49. The van der Waals surface area contributed by atoms with Crippen LogP contribution in [0.2, 0.25) is 5.02 Å². The van der Waals surface area contributed by atoms with Crippen molar-refractivity contribution in [1.82, 2.24) is 4.98 Å². The van der Waals surface area contributed by atoms with Gasteiger partial charge in [0, 0.05) is 22.3 Å². The van der Waals surface area contributed by atoms with Gasteiger partial charge in [-0.1, -0.05) is 17.7 Å². The Balaban J connectivity index is 1.98. The average Bonchev–Trinajstić information content (AvgIpc) is 2.49. The van der Waals surface area contributed by atoms with E-state index in [-0.39, 0.29) is 19.1 Å². The van der Waals surface area contributed by atoms with E-state index in [0.717, 1.165) is 5.56 Å². The number of nitrogens with zero attached hydrogens (tertiary/aromatic N) is 1. The van der Waals surface area contributed by atoms with Gasteiger partial charge in [-0.3, -0.25) is 9.78 Å². The van der Waals surface area contributed by atoms with Crippen molar-refractivity contribution >= 4 is 23.2 Å². The summed E-state index contributed by atoms with van der Waals surface area (Å²) >= 11 is 5.98. The Morgan fingerprint density at radius 3 is 3.00 bits per heavy atom. The predicted octanol–water partition coefficient (Wildman–Crippen LogP) is 2.55. The molecule has 2 aromatic rings. The van der Waals surface area contributed by atoms with E-state index in [1.165, 1.54) is 6.20 Å². The topological polar surface area (TPSA) is 71.5 Å². The molecule has 0 aliphatic rings. The predicted molar refractivity (Wildman–Crippen MR) is 80.5 cm³/mol. The molecule has 0 spiro atoms. The van der Waals surface area contributed by atoms with Crippen LogP contribution in [0.4, 0.5) is 5.69 Å². The molecule has 0 aliphatic heterocycles. The molecule has 2 rings (SSSR count). The molecule has 0 atom stereocenters. The molecule has 6 heteroatoms. The van der Waals surface area contributed by atoms with Crippen molar-refractivity contribution in [1.29, 1.82) is 0 Å². The molecule has 0 bridgehead atoms. The number of benzene rings is 1. The van der Waals surface area contributed by atoms with Crippen LogP contribution >= 0.6 is 11.6 Å². The van der Waals surface area contributed by atoms with Gasteiger partial charge in [0.15, 0.2) is 6.61 Å². The van der Waals surface area contributed by atoms with Crippen LogP contribution in [0.15, 0.2) is 36.7 Å². The highest BCUT2D eigenvalue weighted by Gasteiger charge is 2.09. The molecular weight excluding hydrogens is 292 g/mol. The monoisotopic (exact) mass is 306 g/mol. The maximum atomic E-state index is 11.9. The van der Waals surface area contributed by atoms with E-state index < -0.39 is 0 Å². The van der Waals surface area contributed by atoms with Crippen molar-refractivity contribution in [3.05, 3.63) is 52.8 Å². The minimum Gasteiger partial charge on any atom is -0.483 e. The molecular formula is C15H15ClN2O3. The van der Waals surface area contributed by atoms with E-state index in [2.05, 4.69) is 10.3 Å². The van der Waals surface area contributed by atoms with E-state index in [9.17, 15) is 9.90 Å². The normalized spacial score (nSPS) is 10.2. The van der Waals surface area contributed by atoms with Crippen molar-refractivity contribution in [2.75, 3.05) is 11.9 Å². The highest BCUT2D eigenvalue weighted by Crippen LogP contribution is 2.25. The lowest BCUT2D eigenvalue weighted by Crippen LogP contribution is -2.21. The molecule has 0 fully saturated rings. The van der Waals surface area contributed by atoms with E-state index in [1.54, 1.807) is 30.5 Å². The number of carbonyl (C=O) groups excluding carboxylic acids is 1. The minimum atomic E-state index is -0.336.